The van der Waals surface area contributed by atoms with Gasteiger partial charge in [-0.25, -0.2) is 0 Å². The number of anilines is 1. The molecule has 0 unspecified atom stereocenters. The first-order valence-corrected chi connectivity index (χ1v) is 6.30. The van der Waals surface area contributed by atoms with Crippen LogP contribution in [0.1, 0.15) is 15.2 Å². The Morgan fingerprint density at radius 2 is 2.31 bits per heavy atom. The van der Waals surface area contributed by atoms with Crippen LogP contribution < -0.4 is 5.32 Å². The topological polar surface area (TPSA) is 42.0 Å². The van der Waals surface area contributed by atoms with Crippen molar-refractivity contribution >= 4 is 38.9 Å². The number of benzene rings is 1. The monoisotopic (exact) mass is 296 g/mol. The number of thiazole rings is 1. The Morgan fingerprint density at radius 3 is 3.00 bits per heavy atom. The molecule has 0 aliphatic rings. The van der Waals surface area contributed by atoms with E-state index in [4.69, 9.17) is 0 Å². The van der Waals surface area contributed by atoms with Crippen LogP contribution in [-0.2, 0) is 0 Å². The number of aromatic nitrogens is 1. The van der Waals surface area contributed by atoms with Gasteiger partial charge in [-0.15, -0.1) is 11.3 Å². The van der Waals surface area contributed by atoms with Crippen molar-refractivity contribution in [1.82, 2.24) is 4.98 Å². The van der Waals surface area contributed by atoms with Gasteiger partial charge in [0.15, 0.2) is 0 Å². The van der Waals surface area contributed by atoms with Crippen molar-refractivity contribution in [2.45, 2.75) is 6.92 Å². The average molecular weight is 297 g/mol. The van der Waals surface area contributed by atoms with Crippen molar-refractivity contribution in [3.63, 3.8) is 0 Å². The van der Waals surface area contributed by atoms with Crippen LogP contribution in [0.2, 0.25) is 0 Å². The quantitative estimate of drug-likeness (QED) is 0.922. The Hall–Kier alpha value is -1.20. The molecule has 0 aliphatic carbocycles. The lowest BCUT2D eigenvalue weighted by molar-refractivity contribution is 0.103. The van der Waals surface area contributed by atoms with Crippen molar-refractivity contribution in [2.24, 2.45) is 0 Å². The number of carbonyl (C=O) groups is 1. The molecule has 1 aromatic heterocycles. The molecule has 5 heteroatoms. The van der Waals surface area contributed by atoms with Crippen LogP contribution in [0.15, 0.2) is 34.4 Å². The van der Waals surface area contributed by atoms with Crippen molar-refractivity contribution in [1.29, 1.82) is 0 Å². The normalized spacial score (nSPS) is 10.1. The highest BCUT2D eigenvalue weighted by atomic mass is 79.9. The highest BCUT2D eigenvalue weighted by molar-refractivity contribution is 9.10. The molecule has 1 aromatic carbocycles. The summed E-state index contributed by atoms with van der Waals surface area (Å²) < 4.78 is 0.871. The van der Waals surface area contributed by atoms with E-state index in [0.29, 0.717) is 4.88 Å². The van der Waals surface area contributed by atoms with Gasteiger partial charge >= 0.3 is 0 Å². The smallest absolute Gasteiger partial charge is 0.267 e. The van der Waals surface area contributed by atoms with Gasteiger partial charge in [-0.2, -0.15) is 0 Å². The van der Waals surface area contributed by atoms with Gasteiger partial charge in [-0.05, 0) is 40.5 Å². The SMILES string of the molecule is Cc1ccc(Br)c(NC(=O)c2cncs2)c1. The summed E-state index contributed by atoms with van der Waals surface area (Å²) in [6.07, 6.45) is 1.56. The maximum Gasteiger partial charge on any atom is 0.267 e. The van der Waals surface area contributed by atoms with E-state index in [1.165, 1.54) is 11.3 Å². The minimum atomic E-state index is -0.131. The van der Waals surface area contributed by atoms with Gasteiger partial charge < -0.3 is 5.32 Å². The zero-order valence-corrected chi connectivity index (χ0v) is 10.9. The minimum absolute atomic E-state index is 0.131. The molecule has 0 bridgehead atoms. The van der Waals surface area contributed by atoms with Crippen LogP contribution in [-0.4, -0.2) is 10.9 Å². The number of nitrogens with one attached hydrogen (secondary N) is 1. The standard InChI is InChI=1S/C11H9BrN2OS/c1-7-2-3-8(12)9(4-7)14-11(15)10-5-13-6-16-10/h2-6H,1H3,(H,14,15). The summed E-state index contributed by atoms with van der Waals surface area (Å²) in [5, 5.41) is 2.84. The zero-order valence-electron chi connectivity index (χ0n) is 8.53. The lowest BCUT2D eigenvalue weighted by atomic mass is 10.2. The lowest BCUT2D eigenvalue weighted by Crippen LogP contribution is -2.10. The number of nitrogens with zero attached hydrogens (tertiary/aromatic N) is 1. The average Bonchev–Trinajstić information content (AvgIpc) is 2.76. The van der Waals surface area contributed by atoms with Gasteiger partial charge in [0.05, 0.1) is 17.4 Å². The molecule has 2 rings (SSSR count). The van der Waals surface area contributed by atoms with Gasteiger partial charge in [0, 0.05) is 4.47 Å². The van der Waals surface area contributed by atoms with E-state index in [0.717, 1.165) is 15.7 Å². The van der Waals surface area contributed by atoms with Crippen molar-refractivity contribution in [2.75, 3.05) is 5.32 Å². The highest BCUT2D eigenvalue weighted by Gasteiger charge is 2.09. The molecule has 3 nitrogen and oxygen atoms in total. The van der Waals surface area contributed by atoms with E-state index >= 15 is 0 Å². The number of aryl methyl sites for hydroxylation is 1. The number of hydrogen-bond acceptors (Lipinski definition) is 3. The van der Waals surface area contributed by atoms with Crippen LogP contribution in [0, 0.1) is 6.92 Å². The second-order valence-electron chi connectivity index (χ2n) is 3.30. The lowest BCUT2D eigenvalue weighted by Gasteiger charge is -2.06. The number of hydrogen-bond donors (Lipinski definition) is 1. The van der Waals surface area contributed by atoms with Gasteiger partial charge in [0.1, 0.15) is 4.88 Å². The second kappa shape index (κ2) is 4.76. The Kier molecular flexibility index (Phi) is 3.36. The van der Waals surface area contributed by atoms with Crippen molar-refractivity contribution in [3.05, 3.63) is 44.8 Å². The molecule has 1 amide bonds. The van der Waals surface area contributed by atoms with Gasteiger partial charge in [-0.1, -0.05) is 6.07 Å². The molecule has 0 spiro atoms. The van der Waals surface area contributed by atoms with Gasteiger partial charge in [0.2, 0.25) is 0 Å². The van der Waals surface area contributed by atoms with E-state index in [9.17, 15) is 4.79 Å². The molecular formula is C11H9BrN2OS. The van der Waals surface area contributed by atoms with E-state index in [1.54, 1.807) is 11.7 Å². The van der Waals surface area contributed by atoms with Gasteiger partial charge in [-0.3, -0.25) is 9.78 Å². The number of carbonyl (C=O) groups excluding carboxylic acids is 1. The van der Waals surface area contributed by atoms with E-state index in [2.05, 4.69) is 26.2 Å². The van der Waals surface area contributed by atoms with Crippen LogP contribution in [0.25, 0.3) is 0 Å². The molecule has 2 aromatic rings. The van der Waals surface area contributed by atoms with E-state index in [1.807, 2.05) is 25.1 Å². The molecule has 0 saturated heterocycles. The third kappa shape index (κ3) is 2.48. The minimum Gasteiger partial charge on any atom is -0.320 e. The first kappa shape index (κ1) is 11.3. The van der Waals surface area contributed by atoms with Crippen LogP contribution >= 0.6 is 27.3 Å². The molecule has 16 heavy (non-hydrogen) atoms. The molecular weight excluding hydrogens is 288 g/mol. The summed E-state index contributed by atoms with van der Waals surface area (Å²) in [4.78, 5) is 16.3. The molecule has 0 fully saturated rings. The highest BCUT2D eigenvalue weighted by Crippen LogP contribution is 2.24. The Morgan fingerprint density at radius 1 is 1.50 bits per heavy atom. The molecule has 0 aliphatic heterocycles. The summed E-state index contributed by atoms with van der Waals surface area (Å²) in [5.74, 6) is -0.131. The molecule has 82 valence electrons. The predicted molar refractivity (Wildman–Crippen MR) is 68.9 cm³/mol. The summed E-state index contributed by atoms with van der Waals surface area (Å²) in [5.41, 5.74) is 3.52. The van der Waals surface area contributed by atoms with Crippen LogP contribution in [0.4, 0.5) is 5.69 Å². The molecule has 0 radical (unpaired) electrons. The molecule has 1 N–H and O–H groups in total. The van der Waals surface area contributed by atoms with E-state index in [-0.39, 0.29) is 5.91 Å². The molecule has 0 atom stereocenters. The third-order valence-electron chi connectivity index (χ3n) is 2.03. The van der Waals surface area contributed by atoms with Crippen LogP contribution in [0.5, 0.6) is 0 Å². The number of halogens is 1. The first-order valence-electron chi connectivity index (χ1n) is 4.63. The Bertz CT molecular complexity index is 511. The Labute approximate surface area is 106 Å². The van der Waals surface area contributed by atoms with Gasteiger partial charge in [0.25, 0.3) is 5.91 Å². The summed E-state index contributed by atoms with van der Waals surface area (Å²) in [6.45, 7) is 1.98. The fourth-order valence-corrected chi connectivity index (χ4v) is 2.11. The van der Waals surface area contributed by atoms with Crippen molar-refractivity contribution in [3.8, 4) is 0 Å². The first-order chi connectivity index (χ1) is 7.66. The summed E-state index contributed by atoms with van der Waals surface area (Å²) >= 11 is 4.72. The third-order valence-corrected chi connectivity index (χ3v) is 3.49. The molecule has 1 heterocycles. The fraction of sp³-hybridized carbons (Fsp3) is 0.0909. The number of amides is 1. The maximum atomic E-state index is 11.8. The van der Waals surface area contributed by atoms with Crippen molar-refractivity contribution < 1.29 is 4.79 Å². The van der Waals surface area contributed by atoms with Crippen LogP contribution in [0.3, 0.4) is 0 Å². The zero-order chi connectivity index (χ0) is 11.5. The summed E-state index contributed by atoms with van der Waals surface area (Å²) in [7, 11) is 0. The number of rotatable bonds is 2. The molecule has 0 saturated carbocycles. The van der Waals surface area contributed by atoms with E-state index < -0.39 is 0 Å². The summed E-state index contributed by atoms with van der Waals surface area (Å²) in [6, 6.07) is 5.81. The maximum absolute atomic E-state index is 11.8. The largest absolute Gasteiger partial charge is 0.320 e. The Balaban J connectivity index is 2.21. The fourth-order valence-electron chi connectivity index (χ4n) is 1.25. The second-order valence-corrected chi connectivity index (χ2v) is 5.04. The predicted octanol–water partition coefficient (Wildman–Crippen LogP) is 3.47.